The first-order chi connectivity index (χ1) is 17.5. The van der Waals surface area contributed by atoms with E-state index in [1.54, 1.807) is 6.20 Å². The lowest BCUT2D eigenvalue weighted by atomic mass is 10.1. The average Bonchev–Trinajstić information content (AvgIpc) is 3.24. The smallest absolute Gasteiger partial charge is 0.321 e. The number of carbonyl (C=O) groups excluding carboxylic acids is 1. The van der Waals surface area contributed by atoms with Crippen LogP contribution in [0.25, 0.3) is 22.8 Å². The van der Waals surface area contributed by atoms with Crippen molar-refractivity contribution in [3.05, 3.63) is 77.5 Å². The van der Waals surface area contributed by atoms with Crippen molar-refractivity contribution < 1.29 is 9.32 Å². The van der Waals surface area contributed by atoms with Gasteiger partial charge in [-0.05, 0) is 51.0 Å². The van der Waals surface area contributed by atoms with Crippen LogP contribution in [0.2, 0.25) is 0 Å². The van der Waals surface area contributed by atoms with Crippen molar-refractivity contribution in [2.45, 2.75) is 27.2 Å². The number of aryl methyl sites for hydroxylation is 3. The molecule has 0 atom stereocenters. The normalized spacial score (nSPS) is 14.0. The molecule has 0 saturated carbocycles. The van der Waals surface area contributed by atoms with Crippen molar-refractivity contribution in [3.63, 3.8) is 0 Å². The van der Waals surface area contributed by atoms with E-state index in [1.807, 2.05) is 74.2 Å². The number of rotatable bonds is 4. The quantitative estimate of drug-likeness (QED) is 0.415. The third kappa shape index (κ3) is 5.07. The van der Waals surface area contributed by atoms with Gasteiger partial charge in [0.05, 0.1) is 5.56 Å². The van der Waals surface area contributed by atoms with E-state index in [0.29, 0.717) is 31.3 Å². The Morgan fingerprint density at radius 3 is 2.56 bits per heavy atom. The van der Waals surface area contributed by atoms with Crippen LogP contribution in [0, 0.1) is 20.8 Å². The highest BCUT2D eigenvalue weighted by molar-refractivity contribution is 5.90. The van der Waals surface area contributed by atoms with E-state index < -0.39 is 0 Å². The summed E-state index contributed by atoms with van der Waals surface area (Å²) in [5.41, 5.74) is 5.95. The summed E-state index contributed by atoms with van der Waals surface area (Å²) in [6.07, 6.45) is 2.60. The molecule has 2 aromatic carbocycles. The van der Waals surface area contributed by atoms with Crippen LogP contribution in [0.1, 0.15) is 23.1 Å². The molecule has 2 aromatic heterocycles. The van der Waals surface area contributed by atoms with E-state index in [1.165, 1.54) is 11.1 Å². The fourth-order valence-corrected chi connectivity index (χ4v) is 4.45. The van der Waals surface area contributed by atoms with Crippen LogP contribution in [0.5, 0.6) is 0 Å². The fraction of sp³-hybridized carbons (Fsp3) is 0.286. The van der Waals surface area contributed by atoms with Gasteiger partial charge in [-0.3, -0.25) is 0 Å². The highest BCUT2D eigenvalue weighted by Crippen LogP contribution is 2.30. The summed E-state index contributed by atoms with van der Waals surface area (Å²) in [4.78, 5) is 26.3. The molecule has 8 heteroatoms. The van der Waals surface area contributed by atoms with Gasteiger partial charge in [-0.25, -0.2) is 9.78 Å². The number of pyridine rings is 1. The number of aromatic nitrogens is 3. The lowest BCUT2D eigenvalue weighted by molar-refractivity contribution is 0.215. The molecular weight excluding hydrogens is 452 g/mol. The van der Waals surface area contributed by atoms with E-state index in [0.717, 1.165) is 41.2 Å². The molecule has 36 heavy (non-hydrogen) atoms. The minimum absolute atomic E-state index is 0.0790. The second kappa shape index (κ2) is 10.2. The molecule has 5 rings (SSSR count). The van der Waals surface area contributed by atoms with Crippen LogP contribution in [-0.2, 0) is 0 Å². The third-order valence-electron chi connectivity index (χ3n) is 6.46. The molecule has 184 valence electrons. The number of benzene rings is 2. The maximum Gasteiger partial charge on any atom is 0.321 e. The Kier molecular flexibility index (Phi) is 6.66. The van der Waals surface area contributed by atoms with Gasteiger partial charge in [0, 0.05) is 43.6 Å². The second-order valence-electron chi connectivity index (χ2n) is 9.24. The predicted octanol–water partition coefficient (Wildman–Crippen LogP) is 5.47. The van der Waals surface area contributed by atoms with Gasteiger partial charge < -0.3 is 19.6 Å². The molecule has 1 aliphatic heterocycles. The summed E-state index contributed by atoms with van der Waals surface area (Å²) in [6, 6.07) is 17.8. The maximum absolute atomic E-state index is 13.0. The fourth-order valence-electron chi connectivity index (χ4n) is 4.45. The van der Waals surface area contributed by atoms with Crippen LogP contribution < -0.4 is 10.2 Å². The predicted molar refractivity (Wildman–Crippen MR) is 141 cm³/mol. The number of amides is 2. The molecule has 0 spiro atoms. The summed E-state index contributed by atoms with van der Waals surface area (Å²) in [7, 11) is 0. The number of hydrogen-bond acceptors (Lipinski definition) is 6. The zero-order valence-corrected chi connectivity index (χ0v) is 20.9. The number of urea groups is 1. The Hall–Kier alpha value is -4.20. The topological polar surface area (TPSA) is 87.4 Å². The highest BCUT2D eigenvalue weighted by Gasteiger charge is 2.24. The number of anilines is 2. The minimum Gasteiger partial charge on any atom is -0.354 e. The molecule has 4 aromatic rings. The summed E-state index contributed by atoms with van der Waals surface area (Å²) in [5.74, 6) is 1.76. The van der Waals surface area contributed by atoms with Crippen LogP contribution in [0.4, 0.5) is 16.3 Å². The zero-order valence-electron chi connectivity index (χ0n) is 20.9. The van der Waals surface area contributed by atoms with E-state index in [9.17, 15) is 4.79 Å². The molecule has 1 N–H and O–H groups in total. The standard InChI is InChI=1S/C28H30N6O2/c1-19-7-10-22(11-8-19)25-31-27(36-32-25)23-6-4-13-29-26(23)33-14-5-15-34(17-16-33)28(35)30-24-12-9-20(2)18-21(24)3/h4,6-13,18H,5,14-17H2,1-3H3,(H,30,35). The molecule has 3 heterocycles. The Morgan fingerprint density at radius 1 is 0.944 bits per heavy atom. The van der Waals surface area contributed by atoms with Crippen LogP contribution >= 0.6 is 0 Å². The van der Waals surface area contributed by atoms with Gasteiger partial charge in [0.15, 0.2) is 0 Å². The first-order valence-corrected chi connectivity index (χ1v) is 12.2. The molecule has 0 radical (unpaired) electrons. The Bertz CT molecular complexity index is 1360. The van der Waals surface area contributed by atoms with Crippen molar-refractivity contribution in [2.75, 3.05) is 36.4 Å². The summed E-state index contributed by atoms with van der Waals surface area (Å²) in [6.45, 7) is 8.80. The van der Waals surface area contributed by atoms with Crippen molar-refractivity contribution in [1.82, 2.24) is 20.0 Å². The van der Waals surface area contributed by atoms with E-state index in [4.69, 9.17) is 4.52 Å². The summed E-state index contributed by atoms with van der Waals surface area (Å²) in [5, 5.41) is 7.26. The van der Waals surface area contributed by atoms with E-state index in [2.05, 4.69) is 31.4 Å². The Balaban J connectivity index is 1.31. The summed E-state index contributed by atoms with van der Waals surface area (Å²) < 4.78 is 5.64. The van der Waals surface area contributed by atoms with Crippen LogP contribution in [-0.4, -0.2) is 52.2 Å². The lowest BCUT2D eigenvalue weighted by Crippen LogP contribution is -2.38. The average molecular weight is 483 g/mol. The van der Waals surface area contributed by atoms with Crippen molar-refractivity contribution in [3.8, 4) is 22.8 Å². The van der Waals surface area contributed by atoms with Crippen LogP contribution in [0.15, 0.2) is 65.3 Å². The number of nitrogens with zero attached hydrogens (tertiary/aromatic N) is 5. The molecule has 2 amide bonds. The Morgan fingerprint density at radius 2 is 1.75 bits per heavy atom. The lowest BCUT2D eigenvalue weighted by Gasteiger charge is -2.24. The third-order valence-corrected chi connectivity index (χ3v) is 6.46. The first kappa shape index (κ1) is 23.5. The Labute approximate surface area is 211 Å². The molecule has 1 saturated heterocycles. The second-order valence-corrected chi connectivity index (χ2v) is 9.24. The largest absolute Gasteiger partial charge is 0.354 e. The van der Waals surface area contributed by atoms with Crippen LogP contribution in [0.3, 0.4) is 0 Å². The highest BCUT2D eigenvalue weighted by atomic mass is 16.5. The molecule has 1 fully saturated rings. The molecule has 0 unspecified atom stereocenters. The number of nitrogens with one attached hydrogen (secondary N) is 1. The first-order valence-electron chi connectivity index (χ1n) is 12.2. The van der Waals surface area contributed by atoms with Gasteiger partial charge in [0.1, 0.15) is 5.82 Å². The van der Waals surface area contributed by atoms with Crippen molar-refractivity contribution >= 4 is 17.5 Å². The van der Waals surface area contributed by atoms with Gasteiger partial charge in [-0.1, -0.05) is 52.7 Å². The molecule has 0 aliphatic carbocycles. The van der Waals surface area contributed by atoms with Crippen molar-refractivity contribution in [2.24, 2.45) is 0 Å². The minimum atomic E-state index is -0.0790. The SMILES string of the molecule is Cc1ccc(-c2noc(-c3cccnc3N3CCCN(C(=O)Nc4ccc(C)cc4C)CC3)n2)cc1. The molecule has 0 bridgehead atoms. The maximum atomic E-state index is 13.0. The van der Waals surface area contributed by atoms with Gasteiger partial charge in [0.25, 0.3) is 5.89 Å². The number of carbonyl (C=O) groups is 1. The van der Waals surface area contributed by atoms with E-state index in [-0.39, 0.29) is 6.03 Å². The number of hydrogen-bond donors (Lipinski definition) is 1. The molecule has 8 nitrogen and oxygen atoms in total. The van der Waals surface area contributed by atoms with Gasteiger partial charge >= 0.3 is 6.03 Å². The van der Waals surface area contributed by atoms with Gasteiger partial charge in [-0.15, -0.1) is 0 Å². The van der Waals surface area contributed by atoms with Gasteiger partial charge in [0.2, 0.25) is 5.82 Å². The zero-order chi connectivity index (χ0) is 25.1. The van der Waals surface area contributed by atoms with E-state index >= 15 is 0 Å². The monoisotopic (exact) mass is 482 g/mol. The summed E-state index contributed by atoms with van der Waals surface area (Å²) >= 11 is 0. The molecular formula is C28H30N6O2. The van der Waals surface area contributed by atoms with Crippen molar-refractivity contribution in [1.29, 1.82) is 0 Å². The van der Waals surface area contributed by atoms with Gasteiger partial charge in [-0.2, -0.15) is 4.98 Å². The molecule has 1 aliphatic rings.